The maximum atomic E-state index is 12.6. The number of aliphatic hydroxyl groups is 1. The van der Waals surface area contributed by atoms with Crippen LogP contribution in [0.3, 0.4) is 0 Å². The molecular formula is C48H91NO5S. The molecule has 0 spiro atoms. The van der Waals surface area contributed by atoms with Crippen molar-refractivity contribution in [3.63, 3.8) is 0 Å². The van der Waals surface area contributed by atoms with E-state index in [1.807, 2.05) is 6.08 Å². The maximum Gasteiger partial charge on any atom is 0.267 e. The Hall–Kier alpha value is -1.44. The van der Waals surface area contributed by atoms with E-state index in [9.17, 15) is 22.9 Å². The lowest BCUT2D eigenvalue weighted by atomic mass is 10.0. The summed E-state index contributed by atoms with van der Waals surface area (Å²) in [4.78, 5) is 12.6. The van der Waals surface area contributed by atoms with Crippen LogP contribution in [0.25, 0.3) is 0 Å². The van der Waals surface area contributed by atoms with E-state index in [0.717, 1.165) is 38.5 Å². The molecule has 2 atom stereocenters. The summed E-state index contributed by atoms with van der Waals surface area (Å²) in [5, 5.41) is 13.3. The first kappa shape index (κ1) is 53.6. The minimum Gasteiger partial charge on any atom is -0.387 e. The van der Waals surface area contributed by atoms with E-state index in [1.54, 1.807) is 0 Å². The van der Waals surface area contributed by atoms with Crippen LogP contribution in [0.1, 0.15) is 245 Å². The number of rotatable bonds is 43. The first-order valence-electron chi connectivity index (χ1n) is 23.7. The van der Waals surface area contributed by atoms with Gasteiger partial charge in [0.05, 0.1) is 17.9 Å². The first-order chi connectivity index (χ1) is 26.8. The van der Waals surface area contributed by atoms with Gasteiger partial charge in [0.15, 0.2) is 0 Å². The van der Waals surface area contributed by atoms with Gasteiger partial charge in [0.1, 0.15) is 0 Å². The fraction of sp³-hybridized carbons (Fsp3) is 0.854. The second-order valence-corrected chi connectivity index (χ2v) is 17.9. The standard InChI is InChI=1S/C48H91NO5S/c1-3-5-7-9-11-13-15-17-19-21-23-25-27-29-31-33-35-37-39-41-43-47(50)46(45-55(52,53)54)49-48(51)44-42-40-38-36-34-32-30-28-26-24-22-20-18-16-14-12-10-8-6-4-2/h25,27,33,35,41,43,46-47,50H,3-24,26,28-32,34,36-40,42,44-45H2,1-2H3,(H,49,51)(H,52,53,54)/b27-25+,35-33+,43-41+. The van der Waals surface area contributed by atoms with Crippen LogP contribution in [0.4, 0.5) is 0 Å². The molecule has 0 rings (SSSR count). The zero-order valence-corrected chi connectivity index (χ0v) is 37.1. The smallest absolute Gasteiger partial charge is 0.267 e. The highest BCUT2D eigenvalue weighted by Crippen LogP contribution is 2.16. The van der Waals surface area contributed by atoms with Gasteiger partial charge in [-0.05, 0) is 44.9 Å². The quantitative estimate of drug-likeness (QED) is 0.0324. The summed E-state index contributed by atoms with van der Waals surface area (Å²) in [6.45, 7) is 4.55. The van der Waals surface area contributed by atoms with Crippen LogP contribution in [0.5, 0.6) is 0 Å². The number of nitrogens with one attached hydrogen (secondary N) is 1. The molecule has 0 aromatic carbocycles. The molecule has 0 aliphatic rings. The molecule has 324 valence electrons. The number of amides is 1. The van der Waals surface area contributed by atoms with Crippen molar-refractivity contribution in [3.8, 4) is 0 Å². The van der Waals surface area contributed by atoms with E-state index in [2.05, 4.69) is 43.5 Å². The molecule has 0 saturated carbocycles. The van der Waals surface area contributed by atoms with E-state index in [-0.39, 0.29) is 12.3 Å². The predicted octanol–water partition coefficient (Wildman–Crippen LogP) is 14.5. The third-order valence-corrected chi connectivity index (χ3v) is 11.6. The van der Waals surface area contributed by atoms with Crippen molar-refractivity contribution in [1.82, 2.24) is 5.32 Å². The number of hydrogen-bond acceptors (Lipinski definition) is 4. The van der Waals surface area contributed by atoms with Gasteiger partial charge in [0, 0.05) is 6.42 Å². The van der Waals surface area contributed by atoms with Crippen molar-refractivity contribution >= 4 is 16.0 Å². The van der Waals surface area contributed by atoms with Crippen molar-refractivity contribution in [3.05, 3.63) is 36.5 Å². The van der Waals surface area contributed by atoms with Gasteiger partial charge < -0.3 is 10.4 Å². The highest BCUT2D eigenvalue weighted by atomic mass is 32.2. The minimum atomic E-state index is -4.36. The molecule has 0 fully saturated rings. The highest BCUT2D eigenvalue weighted by Gasteiger charge is 2.24. The number of unbranched alkanes of at least 4 members (excludes halogenated alkanes) is 31. The van der Waals surface area contributed by atoms with Crippen molar-refractivity contribution < 1.29 is 22.9 Å². The number of allylic oxidation sites excluding steroid dienone is 5. The monoisotopic (exact) mass is 794 g/mol. The van der Waals surface area contributed by atoms with Crippen LogP contribution in [-0.2, 0) is 14.9 Å². The molecule has 0 aliphatic heterocycles. The molecule has 55 heavy (non-hydrogen) atoms. The van der Waals surface area contributed by atoms with Crippen LogP contribution < -0.4 is 5.32 Å². The Bertz CT molecular complexity index is 1010. The van der Waals surface area contributed by atoms with Crippen LogP contribution in [-0.4, -0.2) is 41.9 Å². The maximum absolute atomic E-state index is 12.6. The molecule has 7 heteroatoms. The number of carbonyl (C=O) groups is 1. The van der Waals surface area contributed by atoms with Crippen LogP contribution >= 0.6 is 0 Å². The van der Waals surface area contributed by atoms with Gasteiger partial charge in [-0.25, -0.2) is 0 Å². The first-order valence-corrected chi connectivity index (χ1v) is 25.3. The molecule has 6 nitrogen and oxygen atoms in total. The lowest BCUT2D eigenvalue weighted by Crippen LogP contribution is -2.46. The van der Waals surface area contributed by atoms with Crippen molar-refractivity contribution in [1.29, 1.82) is 0 Å². The van der Waals surface area contributed by atoms with Gasteiger partial charge >= 0.3 is 0 Å². The second-order valence-electron chi connectivity index (χ2n) is 16.4. The number of aliphatic hydroxyl groups excluding tert-OH is 1. The average Bonchev–Trinajstić information content (AvgIpc) is 3.15. The molecule has 2 unspecified atom stereocenters. The zero-order valence-electron chi connectivity index (χ0n) is 36.3. The Morgan fingerprint density at radius 3 is 1.15 bits per heavy atom. The van der Waals surface area contributed by atoms with Gasteiger partial charge in [-0.2, -0.15) is 8.42 Å². The molecule has 0 aromatic heterocycles. The van der Waals surface area contributed by atoms with Gasteiger partial charge in [0.2, 0.25) is 5.91 Å². The second kappa shape index (κ2) is 42.2. The van der Waals surface area contributed by atoms with Crippen LogP contribution in [0.15, 0.2) is 36.5 Å². The molecule has 3 N–H and O–H groups in total. The summed E-state index contributed by atoms with van der Waals surface area (Å²) in [6, 6.07) is -1.08. The SMILES string of the molecule is CCCCCCCCCCCC/C=C/CC/C=C/CC/C=C/C(O)C(CS(=O)(=O)O)NC(=O)CCCCCCCCCCCCCCCCCCCCCC. The summed E-state index contributed by atoms with van der Waals surface area (Å²) in [5.74, 6) is -1.00. The number of carbonyl (C=O) groups excluding carboxylic acids is 1. The lowest BCUT2D eigenvalue weighted by Gasteiger charge is -2.21. The predicted molar refractivity (Wildman–Crippen MR) is 239 cm³/mol. The van der Waals surface area contributed by atoms with Crippen molar-refractivity contribution in [2.24, 2.45) is 0 Å². The lowest BCUT2D eigenvalue weighted by molar-refractivity contribution is -0.122. The molecule has 0 aliphatic carbocycles. The summed E-state index contributed by atoms with van der Waals surface area (Å²) in [6.07, 6.45) is 55.7. The summed E-state index contributed by atoms with van der Waals surface area (Å²) < 4.78 is 32.6. The van der Waals surface area contributed by atoms with E-state index in [4.69, 9.17) is 0 Å². The number of hydrogen-bond donors (Lipinski definition) is 3. The van der Waals surface area contributed by atoms with E-state index in [1.165, 1.54) is 186 Å². The topological polar surface area (TPSA) is 104 Å². The van der Waals surface area contributed by atoms with E-state index < -0.39 is 28.0 Å². The van der Waals surface area contributed by atoms with E-state index in [0.29, 0.717) is 6.42 Å². The van der Waals surface area contributed by atoms with Gasteiger partial charge in [-0.3, -0.25) is 9.35 Å². The van der Waals surface area contributed by atoms with Crippen molar-refractivity contribution in [2.45, 2.75) is 257 Å². The molecule has 0 aromatic rings. The van der Waals surface area contributed by atoms with E-state index >= 15 is 0 Å². The highest BCUT2D eigenvalue weighted by molar-refractivity contribution is 7.85. The fourth-order valence-electron chi connectivity index (χ4n) is 7.25. The Kier molecular flexibility index (Phi) is 41.1. The molecule has 0 radical (unpaired) electrons. The third kappa shape index (κ3) is 43.5. The van der Waals surface area contributed by atoms with Gasteiger partial charge in [-0.1, -0.05) is 230 Å². The Balaban J connectivity index is 3.89. The molecule has 0 heterocycles. The third-order valence-electron chi connectivity index (χ3n) is 10.8. The molecule has 1 amide bonds. The zero-order chi connectivity index (χ0) is 40.3. The Morgan fingerprint density at radius 1 is 0.473 bits per heavy atom. The summed E-state index contributed by atoms with van der Waals surface area (Å²) in [7, 11) is -4.36. The summed E-state index contributed by atoms with van der Waals surface area (Å²) in [5.41, 5.74) is 0. The minimum absolute atomic E-state index is 0.288. The van der Waals surface area contributed by atoms with Crippen LogP contribution in [0, 0.1) is 0 Å². The van der Waals surface area contributed by atoms with Crippen LogP contribution in [0.2, 0.25) is 0 Å². The van der Waals surface area contributed by atoms with Gasteiger partial charge in [-0.15, -0.1) is 0 Å². The van der Waals surface area contributed by atoms with Crippen molar-refractivity contribution in [2.75, 3.05) is 5.75 Å². The van der Waals surface area contributed by atoms with Gasteiger partial charge in [0.25, 0.3) is 10.1 Å². The normalized spacial score (nSPS) is 13.5. The average molecular weight is 794 g/mol. The Morgan fingerprint density at radius 2 is 0.782 bits per heavy atom. The molecule has 0 bridgehead atoms. The largest absolute Gasteiger partial charge is 0.387 e. The Labute approximate surface area is 342 Å². The summed E-state index contributed by atoms with van der Waals surface area (Å²) >= 11 is 0. The molecule has 0 saturated heterocycles. The molecular weight excluding hydrogens is 703 g/mol. The fourth-order valence-corrected chi connectivity index (χ4v) is 7.98.